The SMILES string of the molecule is C[C@H](NC(=O)COC(=O)c1ccc(CO)cc1)[C@@H]1C[C@H]2CC[C@H]1C2. The molecule has 0 saturated heterocycles. The van der Waals surface area contributed by atoms with Crippen LogP contribution in [-0.4, -0.2) is 29.6 Å². The normalized spacial score (nSPS) is 26.2. The van der Waals surface area contributed by atoms with Crippen molar-refractivity contribution >= 4 is 11.9 Å². The lowest BCUT2D eigenvalue weighted by atomic mass is 9.84. The van der Waals surface area contributed by atoms with Crippen LogP contribution in [-0.2, 0) is 16.1 Å². The maximum Gasteiger partial charge on any atom is 0.338 e. The molecule has 4 atom stereocenters. The number of aliphatic hydroxyl groups excluding tert-OH is 1. The molecule has 0 heterocycles. The van der Waals surface area contributed by atoms with Crippen LogP contribution in [0.2, 0.25) is 0 Å². The highest BCUT2D eigenvalue weighted by molar-refractivity contribution is 5.91. The summed E-state index contributed by atoms with van der Waals surface area (Å²) in [4.78, 5) is 24.0. The van der Waals surface area contributed by atoms with E-state index in [4.69, 9.17) is 9.84 Å². The monoisotopic (exact) mass is 331 g/mol. The third kappa shape index (κ3) is 3.78. The number of amides is 1. The van der Waals surface area contributed by atoms with Crippen molar-refractivity contribution in [3.05, 3.63) is 35.4 Å². The van der Waals surface area contributed by atoms with E-state index in [1.165, 1.54) is 25.7 Å². The maximum absolute atomic E-state index is 12.0. The van der Waals surface area contributed by atoms with E-state index in [1.54, 1.807) is 24.3 Å². The van der Waals surface area contributed by atoms with Gasteiger partial charge in [0.25, 0.3) is 5.91 Å². The van der Waals surface area contributed by atoms with Crippen molar-refractivity contribution in [1.82, 2.24) is 5.32 Å². The zero-order chi connectivity index (χ0) is 17.1. The van der Waals surface area contributed by atoms with Crippen LogP contribution in [0.4, 0.5) is 0 Å². The molecule has 2 aliphatic carbocycles. The first-order chi connectivity index (χ1) is 11.6. The number of carbonyl (C=O) groups is 2. The summed E-state index contributed by atoms with van der Waals surface area (Å²) in [5.41, 5.74) is 1.10. The first-order valence-corrected chi connectivity index (χ1v) is 8.73. The fraction of sp³-hybridized carbons (Fsp3) is 0.579. The van der Waals surface area contributed by atoms with Crippen LogP contribution in [0.3, 0.4) is 0 Å². The van der Waals surface area contributed by atoms with Gasteiger partial charge >= 0.3 is 5.97 Å². The van der Waals surface area contributed by atoms with Crippen molar-refractivity contribution in [2.45, 2.75) is 45.3 Å². The van der Waals surface area contributed by atoms with E-state index in [1.807, 2.05) is 0 Å². The summed E-state index contributed by atoms with van der Waals surface area (Å²) in [6.07, 6.45) is 5.15. The van der Waals surface area contributed by atoms with Crippen molar-refractivity contribution in [3.63, 3.8) is 0 Å². The number of aliphatic hydroxyl groups is 1. The number of hydrogen-bond donors (Lipinski definition) is 2. The number of benzene rings is 1. The van der Waals surface area contributed by atoms with Gasteiger partial charge in [0, 0.05) is 6.04 Å². The molecule has 1 aromatic carbocycles. The molecule has 1 aromatic rings. The lowest BCUT2D eigenvalue weighted by Crippen LogP contribution is -2.42. The summed E-state index contributed by atoms with van der Waals surface area (Å²) >= 11 is 0. The molecule has 0 spiro atoms. The van der Waals surface area contributed by atoms with E-state index in [0.717, 1.165) is 17.4 Å². The number of hydrogen-bond acceptors (Lipinski definition) is 4. The Morgan fingerprint density at radius 1 is 1.25 bits per heavy atom. The molecule has 3 rings (SSSR count). The van der Waals surface area contributed by atoms with Gasteiger partial charge in [-0.3, -0.25) is 4.79 Å². The molecule has 5 nitrogen and oxygen atoms in total. The number of ether oxygens (including phenoxy) is 1. The van der Waals surface area contributed by atoms with Gasteiger partial charge in [-0.05, 0) is 61.6 Å². The lowest BCUT2D eigenvalue weighted by Gasteiger charge is -2.28. The second kappa shape index (κ2) is 7.34. The van der Waals surface area contributed by atoms with Crippen molar-refractivity contribution in [2.75, 3.05) is 6.61 Å². The largest absolute Gasteiger partial charge is 0.452 e. The van der Waals surface area contributed by atoms with Gasteiger partial charge in [0.2, 0.25) is 0 Å². The summed E-state index contributed by atoms with van der Waals surface area (Å²) in [5, 5.41) is 12.0. The lowest BCUT2D eigenvalue weighted by molar-refractivity contribution is -0.125. The minimum absolute atomic E-state index is 0.0708. The van der Waals surface area contributed by atoms with E-state index in [0.29, 0.717) is 11.5 Å². The van der Waals surface area contributed by atoms with Crippen LogP contribution < -0.4 is 5.32 Å². The van der Waals surface area contributed by atoms with Gasteiger partial charge in [-0.25, -0.2) is 4.79 Å². The Morgan fingerprint density at radius 2 is 2.00 bits per heavy atom. The van der Waals surface area contributed by atoms with Crippen LogP contribution >= 0.6 is 0 Å². The van der Waals surface area contributed by atoms with Gasteiger partial charge in [0.15, 0.2) is 6.61 Å². The van der Waals surface area contributed by atoms with Crippen LogP contribution in [0, 0.1) is 17.8 Å². The minimum atomic E-state index is -0.526. The van der Waals surface area contributed by atoms with Crippen molar-refractivity contribution in [1.29, 1.82) is 0 Å². The van der Waals surface area contributed by atoms with E-state index in [2.05, 4.69) is 12.2 Å². The van der Waals surface area contributed by atoms with Gasteiger partial charge in [-0.2, -0.15) is 0 Å². The topological polar surface area (TPSA) is 75.6 Å². The molecule has 0 unspecified atom stereocenters. The van der Waals surface area contributed by atoms with E-state index in [9.17, 15) is 9.59 Å². The summed E-state index contributed by atoms with van der Waals surface area (Å²) in [7, 11) is 0. The molecule has 2 N–H and O–H groups in total. The Morgan fingerprint density at radius 3 is 2.58 bits per heavy atom. The van der Waals surface area contributed by atoms with Crippen molar-refractivity contribution in [3.8, 4) is 0 Å². The summed E-state index contributed by atoms with van der Waals surface area (Å²) < 4.78 is 5.08. The molecule has 0 radical (unpaired) electrons. The summed E-state index contributed by atoms with van der Waals surface area (Å²) in [6.45, 7) is 1.73. The average molecular weight is 331 g/mol. The molecule has 2 saturated carbocycles. The number of rotatable bonds is 6. The molecule has 0 aromatic heterocycles. The Kier molecular flexibility index (Phi) is 5.19. The van der Waals surface area contributed by atoms with Gasteiger partial charge in [0.1, 0.15) is 0 Å². The van der Waals surface area contributed by atoms with Crippen molar-refractivity contribution < 1.29 is 19.4 Å². The Hall–Kier alpha value is -1.88. The molecule has 0 aliphatic heterocycles. The highest BCUT2D eigenvalue weighted by Gasteiger charge is 2.42. The molecular formula is C19H25NO4. The molecule has 5 heteroatoms. The predicted octanol–water partition coefficient (Wildman–Crippen LogP) is 2.28. The van der Waals surface area contributed by atoms with Crippen LogP contribution in [0.5, 0.6) is 0 Å². The molecule has 2 aliphatic rings. The summed E-state index contributed by atoms with van der Waals surface area (Å²) in [6, 6.07) is 6.63. The van der Waals surface area contributed by atoms with Crippen LogP contribution in [0.25, 0.3) is 0 Å². The highest BCUT2D eigenvalue weighted by Crippen LogP contribution is 2.49. The smallest absolute Gasteiger partial charge is 0.338 e. The van der Waals surface area contributed by atoms with Crippen LogP contribution in [0.15, 0.2) is 24.3 Å². The van der Waals surface area contributed by atoms with E-state index < -0.39 is 5.97 Å². The molecule has 2 fully saturated rings. The summed E-state index contributed by atoms with van der Waals surface area (Å²) in [5.74, 6) is 1.39. The zero-order valence-corrected chi connectivity index (χ0v) is 14.0. The van der Waals surface area contributed by atoms with E-state index in [-0.39, 0.29) is 25.2 Å². The van der Waals surface area contributed by atoms with Gasteiger partial charge < -0.3 is 15.2 Å². The number of carbonyl (C=O) groups excluding carboxylic acids is 2. The quantitative estimate of drug-likeness (QED) is 0.784. The molecule has 1 amide bonds. The molecule has 130 valence electrons. The zero-order valence-electron chi connectivity index (χ0n) is 14.0. The molecule has 2 bridgehead atoms. The van der Waals surface area contributed by atoms with E-state index >= 15 is 0 Å². The van der Waals surface area contributed by atoms with Crippen LogP contribution in [0.1, 0.15) is 48.5 Å². The number of fused-ring (bicyclic) bond motifs is 2. The first kappa shape index (κ1) is 17.0. The second-order valence-electron chi connectivity index (χ2n) is 7.13. The third-order valence-corrected chi connectivity index (χ3v) is 5.53. The van der Waals surface area contributed by atoms with Crippen molar-refractivity contribution in [2.24, 2.45) is 17.8 Å². The second-order valence-corrected chi connectivity index (χ2v) is 7.13. The third-order valence-electron chi connectivity index (χ3n) is 5.53. The Bertz CT molecular complexity index is 598. The fourth-order valence-electron chi connectivity index (χ4n) is 4.27. The maximum atomic E-state index is 12.0. The first-order valence-electron chi connectivity index (χ1n) is 8.73. The molecular weight excluding hydrogens is 306 g/mol. The minimum Gasteiger partial charge on any atom is -0.452 e. The number of esters is 1. The van der Waals surface area contributed by atoms with Gasteiger partial charge in [0.05, 0.1) is 12.2 Å². The fourth-order valence-corrected chi connectivity index (χ4v) is 4.27. The van der Waals surface area contributed by atoms with Gasteiger partial charge in [-0.1, -0.05) is 18.6 Å². The number of nitrogens with one attached hydrogen (secondary N) is 1. The average Bonchev–Trinajstić information content (AvgIpc) is 3.23. The predicted molar refractivity (Wildman–Crippen MR) is 89.2 cm³/mol. The highest BCUT2D eigenvalue weighted by atomic mass is 16.5. The Labute approximate surface area is 142 Å². The molecule has 24 heavy (non-hydrogen) atoms. The Balaban J connectivity index is 1.44. The standard InChI is InChI=1S/C19H25NO4/c1-12(17-9-14-4-7-16(17)8-14)20-18(22)11-24-19(23)15-5-2-13(10-21)3-6-15/h2-3,5-6,12,14,16-17,21H,4,7-11H2,1H3,(H,20,22)/t12-,14-,16-,17-/m0/s1. The van der Waals surface area contributed by atoms with Gasteiger partial charge in [-0.15, -0.1) is 0 Å².